The van der Waals surface area contributed by atoms with E-state index in [9.17, 15) is 19.2 Å². The molecule has 2 amide bonds. The van der Waals surface area contributed by atoms with Gasteiger partial charge in [0.05, 0.1) is 30.2 Å². The Balaban J connectivity index is 1.12. The van der Waals surface area contributed by atoms with Gasteiger partial charge in [-0.3, -0.25) is 19.3 Å². The summed E-state index contributed by atoms with van der Waals surface area (Å²) in [5.74, 6) is -0.508. The lowest BCUT2D eigenvalue weighted by Crippen LogP contribution is -2.33. The molecule has 2 saturated carbocycles. The second-order valence-corrected chi connectivity index (χ2v) is 10.3. The molecule has 1 saturated heterocycles. The zero-order valence-electron chi connectivity index (χ0n) is 20.9. The molecule has 192 valence electrons. The van der Waals surface area contributed by atoms with Crippen LogP contribution < -0.4 is 9.64 Å². The van der Waals surface area contributed by atoms with Crippen LogP contribution in [0, 0.1) is 23.7 Å². The molecule has 0 aromatic heterocycles. The Morgan fingerprint density at radius 3 is 2.16 bits per heavy atom. The van der Waals surface area contributed by atoms with E-state index in [0.717, 1.165) is 12.8 Å². The van der Waals surface area contributed by atoms with E-state index in [2.05, 4.69) is 12.1 Å². The Kier molecular flexibility index (Phi) is 6.06. The van der Waals surface area contributed by atoms with Gasteiger partial charge in [-0.15, -0.1) is 0 Å². The lowest BCUT2D eigenvalue weighted by molar-refractivity contribution is -0.123. The Morgan fingerprint density at radius 1 is 0.816 bits per heavy atom. The van der Waals surface area contributed by atoms with Crippen LogP contribution in [0.4, 0.5) is 5.69 Å². The van der Waals surface area contributed by atoms with Crippen molar-refractivity contribution in [1.82, 2.24) is 0 Å². The summed E-state index contributed by atoms with van der Waals surface area (Å²) in [5.41, 5.74) is 2.34. The highest BCUT2D eigenvalue weighted by Crippen LogP contribution is 2.61. The Morgan fingerprint density at radius 2 is 1.47 bits per heavy atom. The van der Waals surface area contributed by atoms with Crippen LogP contribution in [0.1, 0.15) is 45.0 Å². The molecule has 6 rings (SSSR count). The van der Waals surface area contributed by atoms with Gasteiger partial charge < -0.3 is 9.47 Å². The van der Waals surface area contributed by atoms with E-state index in [4.69, 9.17) is 9.47 Å². The van der Waals surface area contributed by atoms with Gasteiger partial charge >= 0.3 is 5.97 Å². The van der Waals surface area contributed by atoms with Crippen LogP contribution in [0.3, 0.4) is 0 Å². The van der Waals surface area contributed by atoms with Crippen molar-refractivity contribution in [2.75, 3.05) is 18.6 Å². The predicted molar refractivity (Wildman–Crippen MR) is 139 cm³/mol. The number of carbonyl (C=O) groups is 4. The van der Waals surface area contributed by atoms with Crippen LogP contribution in [0.2, 0.25) is 0 Å². The monoisotopic (exact) mass is 509 g/mol. The maximum Gasteiger partial charge on any atom is 0.338 e. The van der Waals surface area contributed by atoms with E-state index in [-0.39, 0.29) is 46.8 Å². The summed E-state index contributed by atoms with van der Waals surface area (Å²) in [4.78, 5) is 53.0. The molecule has 0 N–H and O–H groups in total. The number of anilines is 1. The molecule has 3 aromatic rings. The summed E-state index contributed by atoms with van der Waals surface area (Å²) < 4.78 is 10.3. The number of ether oxygens (including phenoxy) is 2. The van der Waals surface area contributed by atoms with Gasteiger partial charge in [0, 0.05) is 5.56 Å². The van der Waals surface area contributed by atoms with Crippen LogP contribution >= 0.6 is 0 Å². The fourth-order valence-corrected chi connectivity index (χ4v) is 6.62. The fraction of sp³-hybridized carbons (Fsp3) is 0.290. The SMILES string of the molecule is COc1ccc(C(=O)COC(=O)c2ccc(N3C(=O)[C@@H]4[C@@H]5C[C@@H]([C@H]4C3=O)[C@H](c3ccccc3)C5)cc2)cc1. The summed E-state index contributed by atoms with van der Waals surface area (Å²) >= 11 is 0. The second-order valence-electron chi connectivity index (χ2n) is 10.3. The molecule has 38 heavy (non-hydrogen) atoms. The summed E-state index contributed by atoms with van der Waals surface area (Å²) in [5, 5.41) is 0. The van der Waals surface area contributed by atoms with E-state index in [1.54, 1.807) is 36.4 Å². The van der Waals surface area contributed by atoms with Gasteiger partial charge in [-0.25, -0.2) is 4.79 Å². The van der Waals surface area contributed by atoms with Crippen molar-refractivity contribution < 1.29 is 28.7 Å². The zero-order valence-corrected chi connectivity index (χ0v) is 20.9. The first-order valence-corrected chi connectivity index (χ1v) is 12.8. The molecular weight excluding hydrogens is 482 g/mol. The van der Waals surface area contributed by atoms with Crippen molar-refractivity contribution in [2.24, 2.45) is 23.7 Å². The first-order chi connectivity index (χ1) is 18.5. The molecular formula is C31H27NO6. The van der Waals surface area contributed by atoms with Crippen LogP contribution in [-0.2, 0) is 14.3 Å². The molecule has 7 nitrogen and oxygen atoms in total. The Hall–Kier alpha value is -4.26. The van der Waals surface area contributed by atoms with Crippen molar-refractivity contribution in [2.45, 2.75) is 18.8 Å². The number of rotatable bonds is 7. The van der Waals surface area contributed by atoms with Crippen molar-refractivity contribution >= 4 is 29.3 Å². The number of ketones is 1. The molecule has 0 unspecified atom stereocenters. The van der Waals surface area contributed by atoms with Gasteiger partial charge in [0.2, 0.25) is 11.8 Å². The largest absolute Gasteiger partial charge is 0.497 e. The Bertz CT molecular complexity index is 1400. The zero-order chi connectivity index (χ0) is 26.4. The molecule has 1 heterocycles. The smallest absolute Gasteiger partial charge is 0.338 e. The highest BCUT2D eigenvalue weighted by Gasteiger charge is 2.64. The van der Waals surface area contributed by atoms with Gasteiger partial charge in [0.25, 0.3) is 0 Å². The molecule has 3 aromatic carbocycles. The van der Waals surface area contributed by atoms with E-state index in [1.807, 2.05) is 18.2 Å². The number of benzene rings is 3. The van der Waals surface area contributed by atoms with Gasteiger partial charge in [0.1, 0.15) is 5.75 Å². The lowest BCUT2D eigenvalue weighted by atomic mass is 9.73. The number of hydrogen-bond donors (Lipinski definition) is 0. The molecule has 7 heteroatoms. The van der Waals surface area contributed by atoms with Crippen molar-refractivity contribution in [3.05, 3.63) is 95.6 Å². The molecule has 0 radical (unpaired) electrons. The fourth-order valence-electron chi connectivity index (χ4n) is 6.62. The average molecular weight is 510 g/mol. The van der Waals surface area contributed by atoms with Gasteiger partial charge in [-0.2, -0.15) is 0 Å². The minimum absolute atomic E-state index is 0.139. The minimum Gasteiger partial charge on any atom is -0.497 e. The summed E-state index contributed by atoms with van der Waals surface area (Å²) in [7, 11) is 1.54. The van der Waals surface area contributed by atoms with Crippen LogP contribution in [0.25, 0.3) is 0 Å². The van der Waals surface area contributed by atoms with E-state index in [0.29, 0.717) is 22.9 Å². The highest BCUT2D eigenvalue weighted by molar-refractivity contribution is 6.22. The average Bonchev–Trinajstić information content (AvgIpc) is 3.63. The van der Waals surface area contributed by atoms with E-state index in [1.165, 1.54) is 29.7 Å². The highest BCUT2D eigenvalue weighted by atomic mass is 16.5. The maximum atomic E-state index is 13.5. The third kappa shape index (κ3) is 3.99. The summed E-state index contributed by atoms with van der Waals surface area (Å²) in [6.45, 7) is -0.398. The standard InChI is InChI=1S/C31H27NO6/c1-37-23-13-9-19(10-14-23)26(33)17-38-31(36)20-7-11-22(12-8-20)32-29(34)27-21-15-24(18-5-3-2-4-6-18)25(16-21)28(27)30(32)35/h2-14,21,24-25,27-28H,15-17H2,1H3/t21-,24-,25+,27+,28+/m0/s1. The quantitative estimate of drug-likeness (QED) is 0.261. The van der Waals surface area contributed by atoms with Crippen LogP contribution in [-0.4, -0.2) is 37.3 Å². The number of amides is 2. The normalized spacial score (nSPS) is 25.4. The molecule has 5 atom stereocenters. The van der Waals surface area contributed by atoms with Crippen molar-refractivity contribution in [3.8, 4) is 5.75 Å². The van der Waals surface area contributed by atoms with Crippen molar-refractivity contribution in [3.63, 3.8) is 0 Å². The molecule has 2 bridgehead atoms. The van der Waals surface area contributed by atoms with Crippen molar-refractivity contribution in [1.29, 1.82) is 0 Å². The summed E-state index contributed by atoms with van der Waals surface area (Å²) in [6, 6.07) is 23.0. The first-order valence-electron chi connectivity index (χ1n) is 12.8. The van der Waals surface area contributed by atoms with E-state index < -0.39 is 12.6 Å². The lowest BCUT2D eigenvalue weighted by Gasteiger charge is -2.28. The van der Waals surface area contributed by atoms with Gasteiger partial charge in [-0.05, 0) is 84.7 Å². The number of carbonyl (C=O) groups excluding carboxylic acids is 4. The number of fused-ring (bicyclic) bond motifs is 5. The number of methoxy groups -OCH3 is 1. The molecule has 2 aliphatic carbocycles. The predicted octanol–water partition coefficient (Wildman–Crippen LogP) is 4.66. The number of esters is 1. The maximum absolute atomic E-state index is 13.5. The topological polar surface area (TPSA) is 90.0 Å². The number of nitrogens with zero attached hydrogens (tertiary/aromatic N) is 1. The third-order valence-corrected chi connectivity index (χ3v) is 8.35. The van der Waals surface area contributed by atoms with Crippen LogP contribution in [0.5, 0.6) is 5.75 Å². The minimum atomic E-state index is -0.655. The molecule has 0 spiro atoms. The molecule has 3 fully saturated rings. The van der Waals surface area contributed by atoms with Crippen LogP contribution in [0.15, 0.2) is 78.9 Å². The summed E-state index contributed by atoms with van der Waals surface area (Å²) in [6.07, 6.45) is 1.85. The second kappa shape index (κ2) is 9.56. The number of hydrogen-bond acceptors (Lipinski definition) is 6. The first kappa shape index (κ1) is 24.1. The van der Waals surface area contributed by atoms with Gasteiger partial charge in [-0.1, -0.05) is 30.3 Å². The van der Waals surface area contributed by atoms with E-state index >= 15 is 0 Å². The Labute approximate surface area is 220 Å². The number of Topliss-reactive ketones (excluding diaryl/α,β-unsaturated/α-hetero) is 1. The van der Waals surface area contributed by atoms with Gasteiger partial charge in [0.15, 0.2) is 12.4 Å². The molecule has 1 aliphatic heterocycles. The third-order valence-electron chi connectivity index (χ3n) is 8.35. The molecule has 3 aliphatic rings. The number of imide groups is 1.